The van der Waals surface area contributed by atoms with Crippen molar-refractivity contribution in [3.63, 3.8) is 0 Å². The van der Waals surface area contributed by atoms with Crippen LogP contribution in [0.3, 0.4) is 0 Å². The maximum absolute atomic E-state index is 4.74. The Morgan fingerprint density at radius 2 is 1.65 bits per heavy atom. The van der Waals surface area contributed by atoms with E-state index in [9.17, 15) is 0 Å². The minimum atomic E-state index is -1.67. The predicted molar refractivity (Wildman–Crippen MR) is 84.1 cm³/mol. The number of hydrogen-bond acceptors (Lipinski definition) is 5. The summed E-state index contributed by atoms with van der Waals surface area (Å²) in [6, 6.07) is 11.0. The highest BCUT2D eigenvalue weighted by Crippen LogP contribution is 2.14. The highest BCUT2D eigenvalue weighted by atomic mass is 28.3. The molecule has 1 unspecified atom stereocenters. The second kappa shape index (κ2) is 9.90. The van der Waals surface area contributed by atoms with Crippen LogP contribution in [0.1, 0.15) is 6.92 Å². The molecule has 2 rings (SSSR count). The number of hydrogen-bond donors (Lipinski definition) is 2. The quantitative estimate of drug-likeness (QED) is 0.777. The molecule has 0 aliphatic carbocycles. The van der Waals surface area contributed by atoms with Gasteiger partial charge in [0.1, 0.15) is 0 Å². The Morgan fingerprint density at radius 3 is 2.00 bits per heavy atom. The fourth-order valence-electron chi connectivity index (χ4n) is 1.87. The van der Waals surface area contributed by atoms with Gasteiger partial charge < -0.3 is 23.9 Å². The van der Waals surface area contributed by atoms with E-state index in [2.05, 4.69) is 41.8 Å². The van der Waals surface area contributed by atoms with Gasteiger partial charge in [0.05, 0.1) is 0 Å². The zero-order valence-corrected chi connectivity index (χ0v) is 13.9. The van der Waals surface area contributed by atoms with Gasteiger partial charge in [-0.3, -0.25) is 0 Å². The molecule has 5 nitrogen and oxygen atoms in total. The van der Waals surface area contributed by atoms with Gasteiger partial charge in [-0.25, -0.2) is 0 Å². The molecule has 1 saturated heterocycles. The molecule has 6 heteroatoms. The zero-order valence-electron chi connectivity index (χ0n) is 12.8. The van der Waals surface area contributed by atoms with Gasteiger partial charge in [0, 0.05) is 52.1 Å². The van der Waals surface area contributed by atoms with E-state index in [1.807, 2.05) is 6.07 Å². The van der Waals surface area contributed by atoms with Gasteiger partial charge in [-0.15, -0.1) is 0 Å². The first-order valence-corrected chi connectivity index (χ1v) is 8.23. The molecule has 20 heavy (non-hydrogen) atoms. The summed E-state index contributed by atoms with van der Waals surface area (Å²) in [4.78, 5) is 0. The van der Waals surface area contributed by atoms with Crippen LogP contribution >= 0.6 is 0 Å². The normalized spacial score (nSPS) is 16.1. The molecule has 0 bridgehead atoms. The SMILES string of the molecule is CC(Nc1ccccc1)C1CNC1.CO[SiH](OC)OC. The summed E-state index contributed by atoms with van der Waals surface area (Å²) >= 11 is 0. The first kappa shape index (κ1) is 17.1. The molecule has 1 aromatic rings. The van der Waals surface area contributed by atoms with E-state index in [1.165, 1.54) is 5.69 Å². The zero-order chi connectivity index (χ0) is 14.8. The van der Waals surface area contributed by atoms with Crippen molar-refractivity contribution in [3.05, 3.63) is 30.3 Å². The van der Waals surface area contributed by atoms with Gasteiger partial charge in [-0.1, -0.05) is 18.2 Å². The summed E-state index contributed by atoms with van der Waals surface area (Å²) in [7, 11) is 3.05. The predicted octanol–water partition coefficient (Wildman–Crippen LogP) is 1.35. The van der Waals surface area contributed by atoms with Crippen LogP contribution in [0.25, 0.3) is 0 Å². The van der Waals surface area contributed by atoms with Crippen molar-refractivity contribution in [1.82, 2.24) is 5.32 Å². The average molecular weight is 298 g/mol. The smallest absolute Gasteiger partial charge is 0.382 e. The summed E-state index contributed by atoms with van der Waals surface area (Å²) < 4.78 is 14.2. The Bertz CT molecular complexity index is 340. The van der Waals surface area contributed by atoms with Crippen molar-refractivity contribution in [2.75, 3.05) is 39.7 Å². The Hall–Kier alpha value is -0.923. The maximum Gasteiger partial charge on any atom is 0.483 e. The monoisotopic (exact) mass is 298 g/mol. The van der Waals surface area contributed by atoms with Crippen molar-refractivity contribution >= 4 is 15.2 Å². The molecule has 0 spiro atoms. The van der Waals surface area contributed by atoms with Crippen molar-refractivity contribution < 1.29 is 13.3 Å². The topological polar surface area (TPSA) is 51.8 Å². The number of anilines is 1. The Balaban J connectivity index is 0.000000246. The third-order valence-corrected chi connectivity index (χ3v) is 4.42. The minimum absolute atomic E-state index is 0.573. The molecule has 1 atom stereocenters. The number of para-hydroxylation sites is 1. The lowest BCUT2D eigenvalue weighted by molar-refractivity contribution is 0.163. The Morgan fingerprint density at radius 1 is 1.10 bits per heavy atom. The summed E-state index contributed by atoms with van der Waals surface area (Å²) in [5.41, 5.74) is 1.22. The molecule has 0 amide bonds. The number of benzene rings is 1. The van der Waals surface area contributed by atoms with Crippen molar-refractivity contribution in [2.24, 2.45) is 5.92 Å². The fraction of sp³-hybridized carbons (Fsp3) is 0.571. The largest absolute Gasteiger partial charge is 0.483 e. The minimum Gasteiger partial charge on any atom is -0.382 e. The van der Waals surface area contributed by atoms with Crippen molar-refractivity contribution in [2.45, 2.75) is 13.0 Å². The molecule has 1 aliphatic heterocycles. The lowest BCUT2D eigenvalue weighted by Crippen LogP contribution is -2.49. The van der Waals surface area contributed by atoms with Gasteiger partial charge in [-0.05, 0) is 19.1 Å². The third-order valence-electron chi connectivity index (χ3n) is 3.27. The highest BCUT2D eigenvalue weighted by Gasteiger charge is 2.22. The van der Waals surface area contributed by atoms with Crippen LogP contribution in [-0.4, -0.2) is 50.0 Å². The molecule has 1 fully saturated rings. The standard InChI is InChI=1S/C11H16N2.C3H10O3Si/c1-9(10-7-12-8-10)13-11-5-3-2-4-6-11;1-4-7(5-2)6-3/h2-6,9-10,12-13H,7-8H2,1H3;7H,1-3H3. The molecule has 1 aliphatic rings. The van der Waals surface area contributed by atoms with E-state index in [1.54, 1.807) is 21.3 Å². The van der Waals surface area contributed by atoms with Gasteiger partial charge in [-0.2, -0.15) is 0 Å². The maximum atomic E-state index is 4.74. The molecule has 0 saturated carbocycles. The summed E-state index contributed by atoms with van der Waals surface area (Å²) in [5, 5.41) is 6.79. The third kappa shape index (κ3) is 6.02. The van der Waals surface area contributed by atoms with Crippen LogP contribution in [-0.2, 0) is 13.3 Å². The second-order valence-corrected chi connectivity index (χ2v) is 6.70. The van der Waals surface area contributed by atoms with Crippen molar-refractivity contribution in [3.8, 4) is 0 Å². The van der Waals surface area contributed by atoms with Crippen LogP contribution in [0, 0.1) is 5.92 Å². The van der Waals surface area contributed by atoms with E-state index in [0.717, 1.165) is 19.0 Å². The fourth-order valence-corrected chi connectivity index (χ4v) is 2.45. The van der Waals surface area contributed by atoms with Gasteiger partial charge in [0.15, 0.2) is 0 Å². The van der Waals surface area contributed by atoms with Crippen LogP contribution < -0.4 is 10.6 Å². The van der Waals surface area contributed by atoms with Crippen LogP contribution in [0.5, 0.6) is 0 Å². The molecule has 1 heterocycles. The lowest BCUT2D eigenvalue weighted by Gasteiger charge is -2.33. The first-order chi connectivity index (χ1) is 9.71. The van der Waals surface area contributed by atoms with Crippen molar-refractivity contribution in [1.29, 1.82) is 0 Å². The molecule has 1 aromatic carbocycles. The Kier molecular flexibility index (Phi) is 8.48. The molecular weight excluding hydrogens is 272 g/mol. The van der Waals surface area contributed by atoms with Crippen LogP contribution in [0.15, 0.2) is 30.3 Å². The van der Waals surface area contributed by atoms with Crippen LogP contribution in [0.4, 0.5) is 5.69 Å². The summed E-state index contributed by atoms with van der Waals surface area (Å²) in [5.74, 6) is 0.792. The first-order valence-electron chi connectivity index (χ1n) is 6.82. The van der Waals surface area contributed by atoms with E-state index < -0.39 is 9.53 Å². The summed E-state index contributed by atoms with van der Waals surface area (Å²) in [6.07, 6.45) is 0. The van der Waals surface area contributed by atoms with E-state index in [-0.39, 0.29) is 0 Å². The van der Waals surface area contributed by atoms with Gasteiger partial charge >= 0.3 is 9.53 Å². The second-order valence-electron chi connectivity index (χ2n) is 4.71. The molecule has 0 aromatic heterocycles. The van der Waals surface area contributed by atoms with Gasteiger partial charge in [0.2, 0.25) is 0 Å². The Labute approximate surface area is 123 Å². The molecular formula is C14H26N2O3Si. The van der Waals surface area contributed by atoms with E-state index >= 15 is 0 Å². The van der Waals surface area contributed by atoms with E-state index in [0.29, 0.717) is 6.04 Å². The average Bonchev–Trinajstić information content (AvgIpc) is 2.40. The molecule has 114 valence electrons. The van der Waals surface area contributed by atoms with Gasteiger partial charge in [0.25, 0.3) is 0 Å². The number of rotatable bonds is 6. The molecule has 2 N–H and O–H groups in total. The van der Waals surface area contributed by atoms with E-state index in [4.69, 9.17) is 13.3 Å². The summed E-state index contributed by atoms with van der Waals surface area (Å²) in [6.45, 7) is 4.56. The molecule has 0 radical (unpaired) electrons. The number of nitrogens with one attached hydrogen (secondary N) is 2. The highest BCUT2D eigenvalue weighted by molar-refractivity contribution is 6.36. The van der Waals surface area contributed by atoms with Crippen LogP contribution in [0.2, 0.25) is 0 Å². The lowest BCUT2D eigenvalue weighted by atomic mass is 9.95.